The standard InChI is InChI=1S/C8H10O6/c1-2-3-4(9)5(10)6(11)7(14-3)8(12)13/h1,3-7,9-11H,(H,12,13)/t3?,4-,5+,6-,7-/m0/s1. The van der Waals surface area contributed by atoms with Crippen LogP contribution in [0.3, 0.4) is 0 Å². The fourth-order valence-corrected chi connectivity index (χ4v) is 1.22. The van der Waals surface area contributed by atoms with Crippen molar-refractivity contribution < 1.29 is 30.0 Å². The van der Waals surface area contributed by atoms with E-state index in [9.17, 15) is 20.1 Å². The van der Waals surface area contributed by atoms with Crippen LogP contribution in [0.5, 0.6) is 0 Å². The molecule has 1 fully saturated rings. The molecule has 78 valence electrons. The third-order valence-corrected chi connectivity index (χ3v) is 2.02. The molecule has 0 bridgehead atoms. The highest BCUT2D eigenvalue weighted by Crippen LogP contribution is 2.20. The Morgan fingerprint density at radius 2 is 1.79 bits per heavy atom. The van der Waals surface area contributed by atoms with Gasteiger partial charge in [0.2, 0.25) is 0 Å². The first-order valence-electron chi connectivity index (χ1n) is 3.87. The minimum absolute atomic E-state index is 1.23. The molecule has 1 heterocycles. The van der Waals surface area contributed by atoms with Crippen molar-refractivity contribution in [3.05, 3.63) is 0 Å². The van der Waals surface area contributed by atoms with Crippen molar-refractivity contribution in [3.8, 4) is 12.3 Å². The zero-order valence-electron chi connectivity index (χ0n) is 7.07. The van der Waals surface area contributed by atoms with Crippen molar-refractivity contribution in [2.24, 2.45) is 0 Å². The van der Waals surface area contributed by atoms with Crippen molar-refractivity contribution in [3.63, 3.8) is 0 Å². The highest BCUT2D eigenvalue weighted by molar-refractivity contribution is 5.73. The van der Waals surface area contributed by atoms with E-state index in [4.69, 9.17) is 16.3 Å². The van der Waals surface area contributed by atoms with E-state index in [1.165, 1.54) is 0 Å². The molecule has 14 heavy (non-hydrogen) atoms. The smallest absolute Gasteiger partial charge is 0.335 e. The Kier molecular flexibility index (Phi) is 3.08. The van der Waals surface area contributed by atoms with E-state index in [2.05, 4.69) is 0 Å². The Labute approximate surface area is 79.7 Å². The minimum atomic E-state index is -1.69. The molecule has 6 nitrogen and oxygen atoms in total. The molecule has 0 saturated carbocycles. The monoisotopic (exact) mass is 202 g/mol. The van der Waals surface area contributed by atoms with Gasteiger partial charge in [-0.1, -0.05) is 5.92 Å². The second-order valence-electron chi connectivity index (χ2n) is 2.95. The lowest BCUT2D eigenvalue weighted by Crippen LogP contribution is -2.59. The number of terminal acetylenes is 1. The SMILES string of the molecule is C#CC1O[C@H](C(=O)O)[C@@H](O)[C@H](O)[C@H]1O. The molecule has 0 radical (unpaired) electrons. The summed E-state index contributed by atoms with van der Waals surface area (Å²) in [7, 11) is 0. The van der Waals surface area contributed by atoms with Crippen LogP contribution in [0, 0.1) is 12.3 Å². The summed E-state index contributed by atoms with van der Waals surface area (Å²) in [5, 5.41) is 36.3. The normalized spacial score (nSPS) is 42.9. The molecule has 0 aromatic rings. The Bertz CT molecular complexity index is 269. The quantitative estimate of drug-likeness (QED) is 0.352. The fraction of sp³-hybridized carbons (Fsp3) is 0.625. The fourth-order valence-electron chi connectivity index (χ4n) is 1.22. The Hall–Kier alpha value is -1.13. The largest absolute Gasteiger partial charge is 0.479 e. The number of aliphatic carboxylic acids is 1. The molecule has 6 heteroatoms. The van der Waals surface area contributed by atoms with Crippen molar-refractivity contribution in [1.82, 2.24) is 0 Å². The second kappa shape index (κ2) is 3.94. The molecule has 4 N–H and O–H groups in total. The van der Waals surface area contributed by atoms with Crippen LogP contribution in [-0.4, -0.2) is 56.9 Å². The molecule has 1 rings (SSSR count). The van der Waals surface area contributed by atoms with Gasteiger partial charge in [-0.05, 0) is 0 Å². The Morgan fingerprint density at radius 1 is 1.21 bits per heavy atom. The topological polar surface area (TPSA) is 107 Å². The number of aliphatic hydroxyl groups excluding tert-OH is 3. The van der Waals surface area contributed by atoms with Crippen molar-refractivity contribution >= 4 is 5.97 Å². The van der Waals surface area contributed by atoms with E-state index in [-0.39, 0.29) is 0 Å². The van der Waals surface area contributed by atoms with Crippen LogP contribution in [0.2, 0.25) is 0 Å². The molecular weight excluding hydrogens is 192 g/mol. The zero-order chi connectivity index (χ0) is 10.9. The van der Waals surface area contributed by atoms with Crippen LogP contribution >= 0.6 is 0 Å². The lowest BCUT2D eigenvalue weighted by atomic mass is 9.95. The zero-order valence-corrected chi connectivity index (χ0v) is 7.07. The van der Waals surface area contributed by atoms with E-state index in [1.54, 1.807) is 0 Å². The molecule has 0 amide bonds. The molecule has 1 aliphatic heterocycles. The van der Waals surface area contributed by atoms with Gasteiger partial charge in [-0.25, -0.2) is 4.79 Å². The van der Waals surface area contributed by atoms with E-state index in [1.807, 2.05) is 5.92 Å². The first-order chi connectivity index (χ1) is 6.49. The van der Waals surface area contributed by atoms with Crippen molar-refractivity contribution in [2.75, 3.05) is 0 Å². The maximum atomic E-state index is 10.5. The minimum Gasteiger partial charge on any atom is -0.479 e. The van der Waals surface area contributed by atoms with Gasteiger partial charge in [0.1, 0.15) is 24.4 Å². The summed E-state index contributed by atoms with van der Waals surface area (Å²) in [6.45, 7) is 0. The highest BCUT2D eigenvalue weighted by Gasteiger charge is 2.46. The average Bonchev–Trinajstić information content (AvgIpc) is 2.14. The highest BCUT2D eigenvalue weighted by atomic mass is 16.6. The molecule has 0 aromatic carbocycles. The number of hydrogen-bond donors (Lipinski definition) is 4. The molecule has 5 atom stereocenters. The predicted octanol–water partition coefficient (Wildman–Crippen LogP) is -2.45. The average molecular weight is 202 g/mol. The lowest BCUT2D eigenvalue weighted by molar-refractivity contribution is -0.215. The summed E-state index contributed by atoms with van der Waals surface area (Å²) < 4.78 is 4.70. The molecule has 0 aromatic heterocycles. The van der Waals surface area contributed by atoms with Gasteiger partial charge in [0.05, 0.1) is 0 Å². The summed E-state index contributed by atoms with van der Waals surface area (Å²) in [6.07, 6.45) is -2.69. The van der Waals surface area contributed by atoms with Gasteiger partial charge in [0.25, 0.3) is 0 Å². The lowest BCUT2D eigenvalue weighted by Gasteiger charge is -2.36. The first kappa shape index (κ1) is 10.9. The number of carbonyl (C=O) groups is 1. The van der Waals surface area contributed by atoms with E-state index in [0.717, 1.165) is 0 Å². The Morgan fingerprint density at radius 3 is 2.21 bits per heavy atom. The van der Waals surface area contributed by atoms with Gasteiger partial charge in [-0.3, -0.25) is 0 Å². The number of hydrogen-bond acceptors (Lipinski definition) is 5. The Balaban J connectivity index is 2.85. The summed E-state index contributed by atoms with van der Waals surface area (Å²) in [5.41, 5.74) is 0. The van der Waals surface area contributed by atoms with Gasteiger partial charge in [-0.2, -0.15) is 0 Å². The number of carboxylic acid groups (broad SMARTS) is 1. The van der Waals surface area contributed by atoms with Gasteiger partial charge < -0.3 is 25.2 Å². The van der Waals surface area contributed by atoms with Crippen LogP contribution in [0.4, 0.5) is 0 Å². The number of carboxylic acids is 1. The summed E-state index contributed by atoms with van der Waals surface area (Å²) in [4.78, 5) is 10.5. The maximum absolute atomic E-state index is 10.5. The number of aliphatic hydroxyl groups is 3. The van der Waals surface area contributed by atoms with Crippen LogP contribution in [0.1, 0.15) is 0 Å². The predicted molar refractivity (Wildman–Crippen MR) is 43.2 cm³/mol. The van der Waals surface area contributed by atoms with Gasteiger partial charge in [-0.15, -0.1) is 6.42 Å². The van der Waals surface area contributed by atoms with Crippen LogP contribution in [0.25, 0.3) is 0 Å². The van der Waals surface area contributed by atoms with Crippen LogP contribution in [-0.2, 0) is 9.53 Å². The number of ether oxygens (including phenoxy) is 1. The molecular formula is C8H10O6. The van der Waals surface area contributed by atoms with Gasteiger partial charge in [0, 0.05) is 0 Å². The molecule has 1 aliphatic rings. The molecule has 1 unspecified atom stereocenters. The van der Waals surface area contributed by atoms with E-state index < -0.39 is 36.5 Å². The van der Waals surface area contributed by atoms with E-state index in [0.29, 0.717) is 0 Å². The van der Waals surface area contributed by atoms with Crippen molar-refractivity contribution in [2.45, 2.75) is 30.5 Å². The summed E-state index contributed by atoms with van der Waals surface area (Å²) >= 11 is 0. The second-order valence-corrected chi connectivity index (χ2v) is 2.95. The molecule has 0 spiro atoms. The third kappa shape index (κ3) is 1.71. The van der Waals surface area contributed by atoms with Crippen molar-refractivity contribution in [1.29, 1.82) is 0 Å². The third-order valence-electron chi connectivity index (χ3n) is 2.02. The summed E-state index contributed by atoms with van der Waals surface area (Å²) in [6, 6.07) is 0. The maximum Gasteiger partial charge on any atom is 0.335 e. The molecule has 0 aliphatic carbocycles. The summed E-state index contributed by atoms with van der Waals surface area (Å²) in [5.74, 6) is 0.542. The van der Waals surface area contributed by atoms with Crippen LogP contribution < -0.4 is 0 Å². The van der Waals surface area contributed by atoms with Gasteiger partial charge >= 0.3 is 5.97 Å². The number of rotatable bonds is 1. The molecule has 1 saturated heterocycles. The van der Waals surface area contributed by atoms with Gasteiger partial charge in [0.15, 0.2) is 6.10 Å². The first-order valence-corrected chi connectivity index (χ1v) is 3.87. The van der Waals surface area contributed by atoms with E-state index >= 15 is 0 Å². The van der Waals surface area contributed by atoms with Crippen LogP contribution in [0.15, 0.2) is 0 Å².